The van der Waals surface area contributed by atoms with Crippen molar-refractivity contribution >= 4 is 23.4 Å². The minimum Gasteiger partial charge on any atom is -0.406 e. The Kier molecular flexibility index (Phi) is 5.08. The fraction of sp³-hybridized carbons (Fsp3) is 0.417. The van der Waals surface area contributed by atoms with E-state index in [0.717, 1.165) is 12.1 Å². The van der Waals surface area contributed by atoms with Gasteiger partial charge in [-0.25, -0.2) is 0 Å². The average molecular weight is 376 g/mol. The van der Waals surface area contributed by atoms with Crippen LogP contribution in [0.3, 0.4) is 0 Å². The zero-order valence-corrected chi connectivity index (χ0v) is 12.4. The third-order valence-electron chi connectivity index (χ3n) is 2.85. The molecule has 2 N–H and O–H groups in total. The summed E-state index contributed by atoms with van der Waals surface area (Å²) in [6, 6.07) is 3.20. The maximum Gasteiger partial charge on any atom is 0.573 e. The number of aliphatic hydroxyl groups is 1. The smallest absolute Gasteiger partial charge is 0.406 e. The number of anilines is 1. The van der Waals surface area contributed by atoms with Crippen LogP contribution in [0.1, 0.15) is 0 Å². The normalized spacial score (nSPS) is 17.6. The van der Waals surface area contributed by atoms with Crippen LogP contribution in [0.25, 0.3) is 0 Å². The number of aliphatic hydroxyl groups excluding tert-OH is 1. The van der Waals surface area contributed by atoms with Crippen molar-refractivity contribution in [3.05, 3.63) is 18.2 Å². The van der Waals surface area contributed by atoms with Crippen LogP contribution in [0.2, 0.25) is 0 Å². The number of ether oxygens (including phenoxy) is 1. The van der Waals surface area contributed by atoms with Crippen LogP contribution in [0.4, 0.5) is 32.0 Å². The molecular weight excluding hydrogens is 366 g/mol. The van der Waals surface area contributed by atoms with E-state index in [9.17, 15) is 31.1 Å². The van der Waals surface area contributed by atoms with E-state index in [0.29, 0.717) is 11.8 Å². The van der Waals surface area contributed by atoms with E-state index in [2.05, 4.69) is 4.74 Å². The summed E-state index contributed by atoms with van der Waals surface area (Å²) >= 11 is 0.704. The van der Waals surface area contributed by atoms with Gasteiger partial charge in [0.15, 0.2) is 5.50 Å². The third kappa shape index (κ3) is 4.38. The van der Waals surface area contributed by atoms with Gasteiger partial charge in [0.2, 0.25) is 0 Å². The maximum absolute atomic E-state index is 12.4. The SMILES string of the molecule is O=C(NC1Sc2cc(OC(F)(F)F)ccc2N1CCO)C(F)(F)F. The summed E-state index contributed by atoms with van der Waals surface area (Å²) in [5, 5.41) is 10.7. The Morgan fingerprint density at radius 1 is 1.29 bits per heavy atom. The lowest BCUT2D eigenvalue weighted by Crippen LogP contribution is -2.49. The molecule has 0 spiro atoms. The van der Waals surface area contributed by atoms with Crippen molar-refractivity contribution in [2.24, 2.45) is 0 Å². The maximum atomic E-state index is 12.4. The van der Waals surface area contributed by atoms with Crippen molar-refractivity contribution < 1.29 is 41.0 Å². The summed E-state index contributed by atoms with van der Waals surface area (Å²) in [6.07, 6.45) is -10.0. The van der Waals surface area contributed by atoms with Gasteiger partial charge in [-0.1, -0.05) is 11.8 Å². The van der Waals surface area contributed by atoms with Crippen LogP contribution in [0, 0.1) is 0 Å². The number of carbonyl (C=O) groups is 1. The van der Waals surface area contributed by atoms with Gasteiger partial charge in [0.05, 0.1) is 12.3 Å². The number of hydrogen-bond acceptors (Lipinski definition) is 5. The highest BCUT2D eigenvalue weighted by atomic mass is 32.2. The summed E-state index contributed by atoms with van der Waals surface area (Å²) in [7, 11) is 0. The topological polar surface area (TPSA) is 61.8 Å². The van der Waals surface area contributed by atoms with Gasteiger partial charge in [-0.05, 0) is 18.2 Å². The van der Waals surface area contributed by atoms with Crippen molar-refractivity contribution in [2.75, 3.05) is 18.1 Å². The Labute approximate surface area is 135 Å². The summed E-state index contributed by atoms with van der Waals surface area (Å²) in [5.74, 6) is -2.73. The summed E-state index contributed by atoms with van der Waals surface area (Å²) in [5.41, 5.74) is -0.946. The fourth-order valence-corrected chi connectivity index (χ4v) is 3.22. The molecule has 12 heteroatoms. The molecule has 0 aliphatic carbocycles. The van der Waals surface area contributed by atoms with E-state index in [1.165, 1.54) is 11.0 Å². The molecule has 1 aromatic carbocycles. The zero-order chi connectivity index (χ0) is 18.1. The Morgan fingerprint density at radius 3 is 2.50 bits per heavy atom. The molecule has 24 heavy (non-hydrogen) atoms. The van der Waals surface area contributed by atoms with Gasteiger partial charge in [0.25, 0.3) is 0 Å². The van der Waals surface area contributed by atoms with Crippen LogP contribution in [-0.2, 0) is 4.79 Å². The predicted octanol–water partition coefficient (Wildman–Crippen LogP) is 2.45. The number of nitrogens with zero attached hydrogens (tertiary/aromatic N) is 1. The first-order chi connectivity index (χ1) is 11.0. The molecule has 134 valence electrons. The second kappa shape index (κ2) is 6.59. The number of benzene rings is 1. The van der Waals surface area contributed by atoms with Crippen molar-refractivity contribution in [3.8, 4) is 5.75 Å². The molecule has 0 saturated heterocycles. The third-order valence-corrected chi connectivity index (χ3v) is 4.03. The van der Waals surface area contributed by atoms with Crippen molar-refractivity contribution in [2.45, 2.75) is 22.9 Å². The van der Waals surface area contributed by atoms with E-state index in [-0.39, 0.29) is 17.1 Å². The van der Waals surface area contributed by atoms with Crippen LogP contribution >= 0.6 is 11.8 Å². The zero-order valence-electron chi connectivity index (χ0n) is 11.6. The highest BCUT2D eigenvalue weighted by Gasteiger charge is 2.42. The van der Waals surface area contributed by atoms with Gasteiger partial charge in [0, 0.05) is 11.4 Å². The molecule has 1 aromatic rings. The van der Waals surface area contributed by atoms with Gasteiger partial charge in [-0.2, -0.15) is 13.2 Å². The number of rotatable bonds is 4. The molecule has 0 bridgehead atoms. The standard InChI is InChI=1S/C12H10F6N2O3S/c13-11(14,15)9(22)19-10-20(3-4-21)7-2-1-6(5-8(7)24-10)23-12(16,17)18/h1-2,5,10,21H,3-4H2,(H,19,22). The van der Waals surface area contributed by atoms with E-state index >= 15 is 0 Å². The van der Waals surface area contributed by atoms with Crippen molar-refractivity contribution in [3.63, 3.8) is 0 Å². The second-order valence-electron chi connectivity index (χ2n) is 4.54. The summed E-state index contributed by atoms with van der Waals surface area (Å²) < 4.78 is 77.5. The Bertz CT molecular complexity index is 622. The molecule has 0 aromatic heterocycles. The molecule has 0 fully saturated rings. The largest absolute Gasteiger partial charge is 0.573 e. The monoisotopic (exact) mass is 376 g/mol. The highest BCUT2D eigenvalue weighted by molar-refractivity contribution is 8.00. The van der Waals surface area contributed by atoms with Crippen LogP contribution in [0.15, 0.2) is 23.1 Å². The molecule has 1 atom stereocenters. The lowest BCUT2D eigenvalue weighted by Gasteiger charge is -2.26. The number of hydrogen-bond donors (Lipinski definition) is 2. The van der Waals surface area contributed by atoms with E-state index in [1.54, 1.807) is 5.32 Å². The fourth-order valence-electron chi connectivity index (χ4n) is 1.98. The summed E-state index contributed by atoms with van der Waals surface area (Å²) in [6.45, 7) is -0.554. The molecule has 1 aliphatic heterocycles. The Balaban J connectivity index is 2.22. The number of carbonyl (C=O) groups excluding carboxylic acids is 1. The van der Waals surface area contributed by atoms with Gasteiger partial charge in [-0.15, -0.1) is 13.2 Å². The minimum absolute atomic E-state index is 0.123. The molecule has 1 unspecified atom stereocenters. The Morgan fingerprint density at radius 2 is 1.96 bits per heavy atom. The van der Waals surface area contributed by atoms with Gasteiger partial charge < -0.3 is 20.1 Å². The molecule has 5 nitrogen and oxygen atoms in total. The van der Waals surface area contributed by atoms with Crippen LogP contribution in [-0.4, -0.2) is 42.2 Å². The van der Waals surface area contributed by atoms with Crippen LogP contribution < -0.4 is 15.0 Å². The number of fused-ring (bicyclic) bond motifs is 1. The molecule has 1 aliphatic rings. The number of thioether (sulfide) groups is 1. The Hall–Kier alpha value is -1.82. The van der Waals surface area contributed by atoms with Crippen LogP contribution in [0.5, 0.6) is 5.75 Å². The van der Waals surface area contributed by atoms with E-state index in [4.69, 9.17) is 5.11 Å². The number of amides is 1. The number of nitrogens with one attached hydrogen (secondary N) is 1. The molecule has 1 heterocycles. The second-order valence-corrected chi connectivity index (χ2v) is 5.66. The first-order valence-corrected chi connectivity index (χ1v) is 7.21. The highest BCUT2D eigenvalue weighted by Crippen LogP contribution is 2.44. The molecule has 2 rings (SSSR count). The van der Waals surface area contributed by atoms with Gasteiger partial charge in [-0.3, -0.25) is 4.79 Å². The number of alkyl halides is 6. The molecule has 1 amide bonds. The first kappa shape index (κ1) is 18.5. The first-order valence-electron chi connectivity index (χ1n) is 6.33. The lowest BCUT2D eigenvalue weighted by molar-refractivity contribution is -0.274. The van der Waals surface area contributed by atoms with Crippen molar-refractivity contribution in [1.82, 2.24) is 5.32 Å². The predicted molar refractivity (Wildman–Crippen MR) is 71.4 cm³/mol. The van der Waals surface area contributed by atoms with Crippen molar-refractivity contribution in [1.29, 1.82) is 0 Å². The van der Waals surface area contributed by atoms with Gasteiger partial charge in [0.1, 0.15) is 5.75 Å². The number of β-amino-alcohol motifs (C(OH)–C–C–N with tert-alkyl or cyclic N) is 1. The van der Waals surface area contributed by atoms with E-state index in [1.807, 2.05) is 0 Å². The average Bonchev–Trinajstić information content (AvgIpc) is 2.73. The summed E-state index contributed by atoms with van der Waals surface area (Å²) in [4.78, 5) is 12.5. The molecule has 0 radical (unpaired) electrons. The van der Waals surface area contributed by atoms with Gasteiger partial charge >= 0.3 is 18.4 Å². The van der Waals surface area contributed by atoms with E-state index < -0.39 is 36.3 Å². The quantitative estimate of drug-likeness (QED) is 0.791. The molecule has 0 saturated carbocycles. The molecular formula is C12H10F6N2O3S. The minimum atomic E-state index is -5.11. The lowest BCUT2D eigenvalue weighted by atomic mass is 10.2. The number of halogens is 6.